The van der Waals surface area contributed by atoms with Gasteiger partial charge in [0, 0.05) is 5.02 Å². The quantitative estimate of drug-likeness (QED) is 0.444. The Morgan fingerprint density at radius 3 is 2.24 bits per heavy atom. The van der Waals surface area contributed by atoms with Crippen molar-refractivity contribution in [3.05, 3.63) is 94.0 Å². The molecule has 0 saturated carbocycles. The molecular weight excluding hydrogens is 456 g/mol. The van der Waals surface area contributed by atoms with Gasteiger partial charge < -0.3 is 5.32 Å². The molecule has 0 aliphatic rings. The monoisotopic (exact) mass is 484 g/mol. The van der Waals surface area contributed by atoms with Crippen molar-refractivity contribution >= 4 is 33.2 Å². The van der Waals surface area contributed by atoms with Crippen LogP contribution < -0.4 is 9.62 Å². The van der Waals surface area contributed by atoms with Gasteiger partial charge in [-0.3, -0.25) is 9.10 Å². The predicted molar refractivity (Wildman–Crippen MR) is 134 cm³/mol. The number of nitrogens with zero attached hydrogens (tertiary/aromatic N) is 1. The van der Waals surface area contributed by atoms with E-state index in [0.29, 0.717) is 22.7 Å². The molecule has 3 aromatic carbocycles. The summed E-state index contributed by atoms with van der Waals surface area (Å²) in [6.07, 6.45) is 0.676. The van der Waals surface area contributed by atoms with E-state index < -0.39 is 10.0 Å². The summed E-state index contributed by atoms with van der Waals surface area (Å²) < 4.78 is 28.2. The smallest absolute Gasteiger partial charge is 0.264 e. The van der Waals surface area contributed by atoms with E-state index >= 15 is 0 Å². The van der Waals surface area contributed by atoms with Gasteiger partial charge in [-0.2, -0.15) is 0 Å². The number of hydrogen-bond donors (Lipinski definition) is 1. The largest absolute Gasteiger partial charge is 0.348 e. The molecule has 0 saturated heterocycles. The molecule has 0 bridgehead atoms. The van der Waals surface area contributed by atoms with E-state index in [9.17, 15) is 13.2 Å². The Balaban J connectivity index is 1.95. The molecule has 0 heterocycles. The Hall–Kier alpha value is -2.83. The number of sulfonamides is 1. The molecule has 0 spiro atoms. The number of amides is 1. The minimum Gasteiger partial charge on any atom is -0.348 e. The summed E-state index contributed by atoms with van der Waals surface area (Å²) in [5, 5.41) is 3.40. The van der Waals surface area contributed by atoms with E-state index in [4.69, 9.17) is 11.6 Å². The Morgan fingerprint density at radius 1 is 0.939 bits per heavy atom. The number of anilines is 1. The first-order valence-corrected chi connectivity index (χ1v) is 12.7. The van der Waals surface area contributed by atoms with Gasteiger partial charge in [-0.15, -0.1) is 0 Å². The molecule has 3 rings (SSSR count). The average molecular weight is 485 g/mol. The van der Waals surface area contributed by atoms with Gasteiger partial charge in [0.25, 0.3) is 10.0 Å². The van der Waals surface area contributed by atoms with Crippen LogP contribution in [0.5, 0.6) is 0 Å². The van der Waals surface area contributed by atoms with E-state index in [1.807, 2.05) is 32.9 Å². The number of halogens is 1. The second kappa shape index (κ2) is 10.4. The molecule has 0 radical (unpaired) electrons. The van der Waals surface area contributed by atoms with E-state index in [2.05, 4.69) is 11.4 Å². The van der Waals surface area contributed by atoms with Crippen LogP contribution in [0.1, 0.15) is 41.6 Å². The molecule has 0 fully saturated rings. The lowest BCUT2D eigenvalue weighted by Crippen LogP contribution is -2.42. The highest BCUT2D eigenvalue weighted by Gasteiger charge is 2.29. The highest BCUT2D eigenvalue weighted by atomic mass is 35.5. The standard InChI is InChI=1S/C26H29ClN2O3S/c1-5-24(21-13-11-18(2)20(4)15-21)28-26(30)17-29(25-16-22(27)14-12-19(25)3)33(31,32)23-9-7-6-8-10-23/h6-16,24H,5,17H2,1-4H3,(H,28,30). The molecule has 33 heavy (non-hydrogen) atoms. The minimum atomic E-state index is -3.99. The minimum absolute atomic E-state index is 0.110. The summed E-state index contributed by atoms with van der Waals surface area (Å²) in [5.74, 6) is -0.390. The van der Waals surface area contributed by atoms with Gasteiger partial charge in [-0.1, -0.05) is 61.0 Å². The first-order valence-electron chi connectivity index (χ1n) is 10.8. The number of hydrogen-bond acceptors (Lipinski definition) is 3. The number of rotatable bonds is 8. The zero-order chi connectivity index (χ0) is 24.2. The number of aryl methyl sites for hydroxylation is 3. The summed E-state index contributed by atoms with van der Waals surface area (Å²) >= 11 is 6.19. The molecule has 3 aromatic rings. The lowest BCUT2D eigenvalue weighted by Gasteiger charge is -2.27. The van der Waals surface area contributed by atoms with Crippen LogP contribution in [0.15, 0.2) is 71.6 Å². The van der Waals surface area contributed by atoms with Crippen molar-refractivity contribution in [2.24, 2.45) is 0 Å². The fourth-order valence-corrected chi connectivity index (χ4v) is 5.31. The lowest BCUT2D eigenvalue weighted by atomic mass is 9.99. The molecule has 0 aliphatic heterocycles. The first-order chi connectivity index (χ1) is 15.6. The molecule has 5 nitrogen and oxygen atoms in total. The van der Waals surface area contributed by atoms with Crippen molar-refractivity contribution in [3.8, 4) is 0 Å². The molecule has 1 atom stereocenters. The molecular formula is C26H29ClN2O3S. The van der Waals surface area contributed by atoms with Gasteiger partial charge in [-0.25, -0.2) is 8.42 Å². The number of nitrogens with one attached hydrogen (secondary N) is 1. The van der Waals surface area contributed by atoms with Crippen LogP contribution in [-0.4, -0.2) is 20.9 Å². The van der Waals surface area contributed by atoms with Gasteiger partial charge in [-0.05, 0) is 73.7 Å². The van der Waals surface area contributed by atoms with Crippen molar-refractivity contribution in [1.82, 2.24) is 5.32 Å². The molecule has 1 N–H and O–H groups in total. The lowest BCUT2D eigenvalue weighted by molar-refractivity contribution is -0.120. The van der Waals surface area contributed by atoms with Crippen LogP contribution in [0.3, 0.4) is 0 Å². The Kier molecular flexibility index (Phi) is 7.82. The van der Waals surface area contributed by atoms with Crippen LogP contribution in [0.2, 0.25) is 5.02 Å². The topological polar surface area (TPSA) is 66.5 Å². The summed E-state index contributed by atoms with van der Waals surface area (Å²) in [6.45, 7) is 7.49. The van der Waals surface area contributed by atoms with Gasteiger partial charge in [0.2, 0.25) is 5.91 Å². The maximum absolute atomic E-state index is 13.5. The Labute approximate surface area is 201 Å². The molecule has 0 aromatic heterocycles. The summed E-state index contributed by atoms with van der Waals surface area (Å²) in [4.78, 5) is 13.3. The van der Waals surface area contributed by atoms with E-state index in [0.717, 1.165) is 15.4 Å². The van der Waals surface area contributed by atoms with Gasteiger partial charge in [0.05, 0.1) is 16.6 Å². The van der Waals surface area contributed by atoms with Crippen LogP contribution in [0.25, 0.3) is 0 Å². The van der Waals surface area contributed by atoms with Crippen LogP contribution in [-0.2, 0) is 14.8 Å². The maximum Gasteiger partial charge on any atom is 0.264 e. The molecule has 7 heteroatoms. The zero-order valence-corrected chi connectivity index (χ0v) is 20.9. The predicted octanol–water partition coefficient (Wildman–Crippen LogP) is 5.73. The van der Waals surface area contributed by atoms with E-state index in [-0.39, 0.29) is 23.4 Å². The number of carbonyl (C=O) groups excluding carboxylic acids is 1. The van der Waals surface area contributed by atoms with Crippen molar-refractivity contribution in [1.29, 1.82) is 0 Å². The van der Waals surface area contributed by atoms with E-state index in [1.165, 1.54) is 17.7 Å². The summed E-state index contributed by atoms with van der Waals surface area (Å²) in [6, 6.07) is 19.0. The highest BCUT2D eigenvalue weighted by molar-refractivity contribution is 7.92. The number of carbonyl (C=O) groups is 1. The first kappa shape index (κ1) is 24.8. The van der Waals surface area contributed by atoms with Gasteiger partial charge in [0.1, 0.15) is 6.54 Å². The molecule has 174 valence electrons. The third-order valence-corrected chi connectivity index (χ3v) is 7.74. The highest BCUT2D eigenvalue weighted by Crippen LogP contribution is 2.29. The van der Waals surface area contributed by atoms with Crippen molar-refractivity contribution in [3.63, 3.8) is 0 Å². The second-order valence-electron chi connectivity index (χ2n) is 8.13. The van der Waals surface area contributed by atoms with Gasteiger partial charge >= 0.3 is 0 Å². The van der Waals surface area contributed by atoms with Crippen molar-refractivity contribution in [2.75, 3.05) is 10.8 Å². The van der Waals surface area contributed by atoms with E-state index in [1.54, 1.807) is 43.3 Å². The molecule has 1 unspecified atom stereocenters. The Bertz CT molecular complexity index is 1240. The molecule has 0 aliphatic carbocycles. The van der Waals surface area contributed by atoms with Crippen molar-refractivity contribution in [2.45, 2.75) is 45.1 Å². The average Bonchev–Trinajstić information content (AvgIpc) is 2.80. The fourth-order valence-electron chi connectivity index (χ4n) is 3.64. The van der Waals surface area contributed by atoms with Crippen LogP contribution in [0, 0.1) is 20.8 Å². The summed E-state index contributed by atoms with van der Waals surface area (Å²) in [5.41, 5.74) is 4.39. The van der Waals surface area contributed by atoms with Crippen LogP contribution in [0.4, 0.5) is 5.69 Å². The number of benzene rings is 3. The zero-order valence-electron chi connectivity index (χ0n) is 19.3. The maximum atomic E-state index is 13.5. The Morgan fingerprint density at radius 2 is 1.61 bits per heavy atom. The van der Waals surface area contributed by atoms with Crippen molar-refractivity contribution < 1.29 is 13.2 Å². The normalized spacial score (nSPS) is 12.3. The third-order valence-electron chi connectivity index (χ3n) is 5.74. The summed E-state index contributed by atoms with van der Waals surface area (Å²) in [7, 11) is -3.99. The molecule has 1 amide bonds. The second-order valence-corrected chi connectivity index (χ2v) is 10.4. The van der Waals surface area contributed by atoms with Crippen LogP contribution >= 0.6 is 11.6 Å². The SMILES string of the molecule is CCC(NC(=O)CN(c1cc(Cl)ccc1C)S(=O)(=O)c1ccccc1)c1ccc(C)c(C)c1. The van der Waals surface area contributed by atoms with Gasteiger partial charge in [0.15, 0.2) is 0 Å². The third kappa shape index (κ3) is 5.75. The fraction of sp³-hybridized carbons (Fsp3) is 0.269.